The van der Waals surface area contributed by atoms with Gasteiger partial charge in [-0.2, -0.15) is 0 Å². The summed E-state index contributed by atoms with van der Waals surface area (Å²) in [5.41, 5.74) is 0. The Hall–Kier alpha value is -0.0800. The summed E-state index contributed by atoms with van der Waals surface area (Å²) in [6.07, 6.45) is 4.72. The zero-order valence-corrected chi connectivity index (χ0v) is 6.31. The fourth-order valence-electron chi connectivity index (χ4n) is 1.50. The fraction of sp³-hybridized carbons (Fsp3) is 1.00. The van der Waals surface area contributed by atoms with Gasteiger partial charge in [0.2, 0.25) is 0 Å². The molecule has 58 valence electrons. The Balaban J connectivity index is 1.69. The Labute approximate surface area is 61.9 Å². The van der Waals surface area contributed by atoms with Crippen LogP contribution in [0.25, 0.3) is 0 Å². The molecule has 1 saturated carbocycles. The molecule has 2 aliphatic rings. The summed E-state index contributed by atoms with van der Waals surface area (Å²) in [6.45, 7) is 3.04. The average molecular weight is 141 g/mol. The molecule has 0 aromatic heterocycles. The van der Waals surface area contributed by atoms with Crippen molar-refractivity contribution in [3.05, 3.63) is 0 Å². The summed E-state index contributed by atoms with van der Waals surface area (Å²) < 4.78 is 5.57. The Morgan fingerprint density at radius 1 is 1.40 bits per heavy atom. The van der Waals surface area contributed by atoms with Crippen LogP contribution in [0.15, 0.2) is 0 Å². The molecule has 2 fully saturated rings. The van der Waals surface area contributed by atoms with Gasteiger partial charge in [-0.3, -0.25) is 0 Å². The van der Waals surface area contributed by atoms with Crippen molar-refractivity contribution in [1.82, 2.24) is 5.32 Å². The highest BCUT2D eigenvalue weighted by molar-refractivity contribution is 4.79. The van der Waals surface area contributed by atoms with Gasteiger partial charge in [0.1, 0.15) is 0 Å². The third-order valence-electron chi connectivity index (χ3n) is 2.30. The lowest BCUT2D eigenvalue weighted by Gasteiger charge is -2.23. The number of ether oxygens (including phenoxy) is 1. The van der Waals surface area contributed by atoms with Gasteiger partial charge in [-0.25, -0.2) is 0 Å². The van der Waals surface area contributed by atoms with Gasteiger partial charge in [-0.05, 0) is 12.3 Å². The van der Waals surface area contributed by atoms with Crippen molar-refractivity contribution in [2.24, 2.45) is 5.92 Å². The van der Waals surface area contributed by atoms with Crippen LogP contribution in [0.2, 0.25) is 0 Å². The lowest BCUT2D eigenvalue weighted by atomic mass is 10.1. The molecule has 1 atom stereocenters. The van der Waals surface area contributed by atoms with Gasteiger partial charge >= 0.3 is 0 Å². The molecule has 2 rings (SSSR count). The van der Waals surface area contributed by atoms with E-state index in [9.17, 15) is 0 Å². The van der Waals surface area contributed by atoms with Crippen LogP contribution >= 0.6 is 0 Å². The molecule has 1 aliphatic heterocycles. The first-order valence-electron chi connectivity index (χ1n) is 4.27. The summed E-state index contributed by atoms with van der Waals surface area (Å²) in [6, 6.07) is 0. The molecule has 1 aliphatic carbocycles. The first-order chi connectivity index (χ1) is 4.95. The van der Waals surface area contributed by atoms with Gasteiger partial charge in [-0.1, -0.05) is 12.8 Å². The topological polar surface area (TPSA) is 21.3 Å². The predicted octanol–water partition coefficient (Wildman–Crippen LogP) is 0.775. The molecule has 0 bridgehead atoms. The minimum Gasteiger partial charge on any atom is -0.376 e. The van der Waals surface area contributed by atoms with Crippen LogP contribution in [-0.2, 0) is 4.74 Å². The van der Waals surface area contributed by atoms with E-state index in [-0.39, 0.29) is 0 Å². The van der Waals surface area contributed by atoms with Crippen molar-refractivity contribution in [1.29, 1.82) is 0 Å². The fourth-order valence-corrected chi connectivity index (χ4v) is 1.50. The lowest BCUT2D eigenvalue weighted by molar-refractivity contribution is 0.0202. The number of hydrogen-bond acceptors (Lipinski definition) is 2. The van der Waals surface area contributed by atoms with Crippen LogP contribution in [0.5, 0.6) is 0 Å². The smallest absolute Gasteiger partial charge is 0.0702 e. The van der Waals surface area contributed by atoms with Crippen molar-refractivity contribution >= 4 is 0 Å². The molecule has 1 N–H and O–H groups in total. The molecule has 0 spiro atoms. The van der Waals surface area contributed by atoms with Gasteiger partial charge in [-0.15, -0.1) is 0 Å². The van der Waals surface area contributed by atoms with Gasteiger partial charge in [0, 0.05) is 13.1 Å². The van der Waals surface area contributed by atoms with Crippen molar-refractivity contribution in [3.8, 4) is 0 Å². The molecule has 0 radical (unpaired) electrons. The Morgan fingerprint density at radius 2 is 2.30 bits per heavy atom. The summed E-state index contributed by atoms with van der Waals surface area (Å²) >= 11 is 0. The molecular formula is C8H15NO. The second kappa shape index (κ2) is 2.89. The number of rotatable bonds is 2. The SMILES string of the molecule is C1CO[C@H](CC2CC2)CN1. The Morgan fingerprint density at radius 3 is 2.90 bits per heavy atom. The second-order valence-electron chi connectivity index (χ2n) is 3.38. The predicted molar refractivity (Wildman–Crippen MR) is 40.0 cm³/mol. The van der Waals surface area contributed by atoms with Gasteiger partial charge < -0.3 is 10.1 Å². The highest BCUT2D eigenvalue weighted by atomic mass is 16.5. The standard InChI is InChI=1S/C8H15NO/c1-2-7(1)5-8-6-9-3-4-10-8/h7-9H,1-6H2/t8-/m1/s1. The molecule has 0 amide bonds. The summed E-state index contributed by atoms with van der Waals surface area (Å²) in [5.74, 6) is 1.00. The maximum atomic E-state index is 5.57. The zero-order valence-electron chi connectivity index (χ0n) is 6.31. The van der Waals surface area contributed by atoms with Crippen molar-refractivity contribution in [3.63, 3.8) is 0 Å². The van der Waals surface area contributed by atoms with Gasteiger partial charge in [0.05, 0.1) is 12.7 Å². The van der Waals surface area contributed by atoms with Crippen LogP contribution in [0.1, 0.15) is 19.3 Å². The molecule has 2 heteroatoms. The van der Waals surface area contributed by atoms with Gasteiger partial charge in [0.15, 0.2) is 0 Å². The highest BCUT2D eigenvalue weighted by Gasteiger charge is 2.26. The third kappa shape index (κ3) is 1.70. The lowest BCUT2D eigenvalue weighted by Crippen LogP contribution is -2.38. The first-order valence-corrected chi connectivity index (χ1v) is 4.27. The molecule has 0 aromatic carbocycles. The van der Waals surface area contributed by atoms with Crippen LogP contribution in [0, 0.1) is 5.92 Å². The van der Waals surface area contributed by atoms with E-state index in [2.05, 4.69) is 5.32 Å². The van der Waals surface area contributed by atoms with E-state index < -0.39 is 0 Å². The van der Waals surface area contributed by atoms with E-state index in [0.717, 1.165) is 25.6 Å². The van der Waals surface area contributed by atoms with Crippen LogP contribution in [-0.4, -0.2) is 25.8 Å². The molecular weight excluding hydrogens is 126 g/mol. The zero-order chi connectivity index (χ0) is 6.81. The first kappa shape index (κ1) is 6.62. The monoisotopic (exact) mass is 141 g/mol. The maximum absolute atomic E-state index is 5.57. The summed E-state index contributed by atoms with van der Waals surface area (Å²) in [4.78, 5) is 0. The van der Waals surface area contributed by atoms with E-state index in [1.807, 2.05) is 0 Å². The van der Waals surface area contributed by atoms with Crippen LogP contribution in [0.4, 0.5) is 0 Å². The van der Waals surface area contributed by atoms with Crippen LogP contribution in [0.3, 0.4) is 0 Å². The molecule has 0 aromatic rings. The molecule has 10 heavy (non-hydrogen) atoms. The summed E-state index contributed by atoms with van der Waals surface area (Å²) in [5, 5.41) is 3.34. The van der Waals surface area contributed by atoms with Crippen molar-refractivity contribution < 1.29 is 4.74 Å². The molecule has 1 heterocycles. The highest BCUT2D eigenvalue weighted by Crippen LogP contribution is 2.34. The quantitative estimate of drug-likeness (QED) is 0.613. The Kier molecular flexibility index (Phi) is 1.91. The summed E-state index contributed by atoms with van der Waals surface area (Å²) in [7, 11) is 0. The normalized spacial score (nSPS) is 34.2. The maximum Gasteiger partial charge on any atom is 0.0702 e. The average Bonchev–Trinajstić information content (AvgIpc) is 2.74. The molecule has 1 saturated heterocycles. The number of nitrogens with one attached hydrogen (secondary N) is 1. The van der Waals surface area contributed by atoms with Crippen molar-refractivity contribution in [2.75, 3.05) is 19.7 Å². The van der Waals surface area contributed by atoms with E-state index >= 15 is 0 Å². The number of morpholine rings is 1. The molecule has 0 unspecified atom stereocenters. The minimum atomic E-state index is 0.529. The third-order valence-corrected chi connectivity index (χ3v) is 2.30. The van der Waals surface area contributed by atoms with E-state index in [0.29, 0.717) is 6.10 Å². The second-order valence-corrected chi connectivity index (χ2v) is 3.38. The van der Waals surface area contributed by atoms with E-state index in [1.165, 1.54) is 19.3 Å². The molecule has 2 nitrogen and oxygen atoms in total. The minimum absolute atomic E-state index is 0.529. The largest absolute Gasteiger partial charge is 0.376 e. The Bertz CT molecular complexity index is 106. The van der Waals surface area contributed by atoms with E-state index in [1.54, 1.807) is 0 Å². The van der Waals surface area contributed by atoms with Crippen LogP contribution < -0.4 is 5.32 Å². The number of hydrogen-bond donors (Lipinski definition) is 1. The van der Waals surface area contributed by atoms with Gasteiger partial charge in [0.25, 0.3) is 0 Å². The van der Waals surface area contributed by atoms with E-state index in [4.69, 9.17) is 4.74 Å². The van der Waals surface area contributed by atoms with Crippen molar-refractivity contribution in [2.45, 2.75) is 25.4 Å².